The average Bonchev–Trinajstić information content (AvgIpc) is 3.53. The first kappa shape index (κ1) is 23.1. The van der Waals surface area contributed by atoms with Crippen LogP contribution in [-0.4, -0.2) is 48.6 Å². The lowest BCUT2D eigenvalue weighted by Crippen LogP contribution is -2.41. The van der Waals surface area contributed by atoms with E-state index >= 15 is 4.39 Å². The van der Waals surface area contributed by atoms with E-state index in [9.17, 15) is 4.79 Å². The molecule has 0 saturated carbocycles. The molecule has 9 nitrogen and oxygen atoms in total. The van der Waals surface area contributed by atoms with Gasteiger partial charge in [0.2, 0.25) is 0 Å². The van der Waals surface area contributed by atoms with Gasteiger partial charge in [-0.3, -0.25) is 13.9 Å². The number of benzene rings is 2. The second-order valence-electron chi connectivity index (χ2n) is 9.86. The molecule has 0 radical (unpaired) electrons. The van der Waals surface area contributed by atoms with Gasteiger partial charge in [-0.15, -0.1) is 0 Å². The molecule has 1 aliphatic heterocycles. The first-order chi connectivity index (χ1) is 17.7. The Morgan fingerprint density at radius 3 is 2.78 bits per heavy atom. The normalized spacial score (nSPS) is 16.7. The Balaban J connectivity index is 1.41. The van der Waals surface area contributed by atoms with Crippen molar-refractivity contribution in [1.82, 2.24) is 29.0 Å². The number of nitrogens with two attached hydrogens (primary N) is 1. The van der Waals surface area contributed by atoms with Gasteiger partial charge in [0, 0.05) is 31.9 Å². The summed E-state index contributed by atoms with van der Waals surface area (Å²) in [7, 11) is 3.57. The van der Waals surface area contributed by atoms with Crippen LogP contribution < -0.4 is 5.73 Å². The maximum atomic E-state index is 15.2. The molecule has 2 N–H and O–H groups in total. The van der Waals surface area contributed by atoms with Crippen molar-refractivity contribution in [3.63, 3.8) is 0 Å². The van der Waals surface area contributed by atoms with Gasteiger partial charge in [-0.05, 0) is 43.2 Å². The number of amides is 1. The number of aromatic nitrogens is 5. The fraction of sp³-hybridized carbons (Fsp3) is 0.259. The van der Waals surface area contributed by atoms with Crippen LogP contribution in [0.2, 0.25) is 0 Å². The quantitative estimate of drug-likeness (QED) is 0.401. The number of nitrogens with zero attached hydrogens (tertiary/aromatic N) is 6. The third kappa shape index (κ3) is 3.55. The molecule has 1 atom stereocenters. The van der Waals surface area contributed by atoms with Crippen LogP contribution in [0.5, 0.6) is 0 Å². The van der Waals surface area contributed by atoms with Crippen LogP contribution >= 0.6 is 0 Å². The molecule has 0 fully saturated rings. The topological polar surface area (TPSA) is 104 Å². The van der Waals surface area contributed by atoms with Crippen molar-refractivity contribution >= 4 is 28.3 Å². The number of ether oxygens (including phenoxy) is 1. The van der Waals surface area contributed by atoms with Gasteiger partial charge >= 0.3 is 0 Å². The number of nitrogen functional groups attached to an aromatic ring is 1. The Labute approximate surface area is 212 Å². The van der Waals surface area contributed by atoms with Crippen molar-refractivity contribution < 1.29 is 13.9 Å². The van der Waals surface area contributed by atoms with Crippen molar-refractivity contribution in [2.24, 2.45) is 7.05 Å². The molecule has 3 aromatic heterocycles. The van der Waals surface area contributed by atoms with E-state index < -0.39 is 23.4 Å². The molecular weight excluding hydrogens is 473 g/mol. The largest absolute Gasteiger partial charge is 0.382 e. The van der Waals surface area contributed by atoms with Crippen molar-refractivity contribution in [2.75, 3.05) is 19.4 Å². The van der Waals surface area contributed by atoms with Gasteiger partial charge in [-0.25, -0.2) is 14.4 Å². The van der Waals surface area contributed by atoms with Crippen molar-refractivity contribution in [3.05, 3.63) is 77.6 Å². The molecule has 0 bridgehead atoms. The number of hydrogen-bond acceptors (Lipinski definition) is 6. The van der Waals surface area contributed by atoms with Gasteiger partial charge in [0.25, 0.3) is 5.91 Å². The molecule has 4 heterocycles. The van der Waals surface area contributed by atoms with Gasteiger partial charge < -0.3 is 15.4 Å². The second-order valence-corrected chi connectivity index (χ2v) is 9.86. The lowest BCUT2D eigenvalue weighted by Gasteiger charge is -2.41. The van der Waals surface area contributed by atoms with E-state index in [4.69, 9.17) is 10.5 Å². The van der Waals surface area contributed by atoms with Crippen LogP contribution in [0, 0.1) is 5.82 Å². The summed E-state index contributed by atoms with van der Waals surface area (Å²) in [6.07, 6.45) is 4.90. The maximum Gasteiger partial charge on any atom is 0.257 e. The third-order valence-corrected chi connectivity index (χ3v) is 7.26. The number of rotatable bonds is 3. The third-order valence-electron chi connectivity index (χ3n) is 7.26. The van der Waals surface area contributed by atoms with Crippen molar-refractivity contribution in [3.8, 4) is 11.3 Å². The highest BCUT2D eigenvalue weighted by atomic mass is 19.1. The van der Waals surface area contributed by atoms with Crippen LogP contribution in [0.1, 0.15) is 41.4 Å². The lowest BCUT2D eigenvalue weighted by atomic mass is 9.84. The van der Waals surface area contributed by atoms with E-state index in [0.717, 1.165) is 22.4 Å². The Kier molecular flexibility index (Phi) is 5.06. The fourth-order valence-corrected chi connectivity index (χ4v) is 5.15. The fourth-order valence-electron chi connectivity index (χ4n) is 5.15. The molecule has 6 rings (SSSR count). The summed E-state index contributed by atoms with van der Waals surface area (Å²) in [5.74, 6) is -0.885. The van der Waals surface area contributed by atoms with Gasteiger partial charge in [0.05, 0.1) is 53.1 Å². The van der Waals surface area contributed by atoms with Crippen LogP contribution in [0.3, 0.4) is 0 Å². The molecule has 10 heteroatoms. The number of aryl methyl sites for hydroxylation is 1. The minimum Gasteiger partial charge on any atom is -0.382 e. The smallest absolute Gasteiger partial charge is 0.257 e. The minimum atomic E-state index is -0.667. The predicted octanol–water partition coefficient (Wildman–Crippen LogP) is 4.08. The van der Waals surface area contributed by atoms with E-state index in [1.165, 1.54) is 17.0 Å². The lowest BCUT2D eigenvalue weighted by molar-refractivity contribution is -0.0611. The molecule has 5 aromatic rings. The minimum absolute atomic E-state index is 0.0607. The SMILES string of the molecule is CN(C(=O)c1cc2c(cc1F)nc(N)c1cncn12)C1COC(C)(C)c2cc(-c3ccnn3C)ccc21. The zero-order chi connectivity index (χ0) is 26.1. The van der Waals surface area contributed by atoms with E-state index in [1.807, 2.05) is 43.8 Å². The Morgan fingerprint density at radius 2 is 2.03 bits per heavy atom. The van der Waals surface area contributed by atoms with Gasteiger partial charge in [0.15, 0.2) is 0 Å². The summed E-state index contributed by atoms with van der Waals surface area (Å²) in [5.41, 5.74) is 10.8. The first-order valence-electron chi connectivity index (χ1n) is 11.9. The second kappa shape index (κ2) is 8.10. The molecule has 0 saturated heterocycles. The Morgan fingerprint density at radius 1 is 1.22 bits per heavy atom. The van der Waals surface area contributed by atoms with Crippen molar-refractivity contribution in [2.45, 2.75) is 25.5 Å². The summed E-state index contributed by atoms with van der Waals surface area (Å²) in [5, 5.41) is 4.27. The number of imidazole rings is 1. The summed E-state index contributed by atoms with van der Waals surface area (Å²) >= 11 is 0. The summed E-state index contributed by atoms with van der Waals surface area (Å²) in [6, 6.07) is 10.4. The van der Waals surface area contributed by atoms with Gasteiger partial charge in [-0.2, -0.15) is 5.10 Å². The average molecular weight is 500 g/mol. The molecule has 37 heavy (non-hydrogen) atoms. The summed E-state index contributed by atoms with van der Waals surface area (Å²) in [6.45, 7) is 4.30. The molecular formula is C27H26FN7O2. The highest BCUT2D eigenvalue weighted by Gasteiger charge is 2.37. The van der Waals surface area contributed by atoms with Crippen LogP contribution in [0.25, 0.3) is 27.8 Å². The number of hydrogen-bond donors (Lipinski definition) is 1. The van der Waals surface area contributed by atoms with Crippen LogP contribution in [0.4, 0.5) is 10.2 Å². The van der Waals surface area contributed by atoms with E-state index in [-0.39, 0.29) is 18.0 Å². The summed E-state index contributed by atoms with van der Waals surface area (Å²) < 4.78 is 25.0. The van der Waals surface area contributed by atoms with Crippen molar-refractivity contribution in [1.29, 1.82) is 0 Å². The number of halogens is 1. The molecule has 0 aliphatic carbocycles. The summed E-state index contributed by atoms with van der Waals surface area (Å²) in [4.78, 5) is 23.6. The highest BCUT2D eigenvalue weighted by Crippen LogP contribution is 2.41. The molecule has 0 spiro atoms. The molecule has 1 aliphatic rings. The van der Waals surface area contributed by atoms with Crippen LogP contribution in [-0.2, 0) is 17.4 Å². The molecule has 1 amide bonds. The maximum absolute atomic E-state index is 15.2. The standard InChI is InChI=1S/C27H26FN7O2/c1-27(2)18-9-15(21-7-8-31-34(21)4)5-6-16(18)24(13-37-27)33(3)26(36)17-10-22-20(11-19(17)28)32-25(29)23-12-30-14-35(22)23/h5-12,14,24H,13H2,1-4H3,(H2,29,32). The Hall–Kier alpha value is -4.31. The van der Waals surface area contributed by atoms with Gasteiger partial charge in [0.1, 0.15) is 17.2 Å². The van der Waals surface area contributed by atoms with Gasteiger partial charge in [-0.1, -0.05) is 12.1 Å². The van der Waals surface area contributed by atoms with E-state index in [1.54, 1.807) is 30.2 Å². The van der Waals surface area contributed by atoms with Crippen LogP contribution in [0.15, 0.2) is 55.1 Å². The molecule has 188 valence electrons. The molecule has 1 unspecified atom stereocenters. The highest BCUT2D eigenvalue weighted by molar-refractivity contribution is 5.98. The first-order valence-corrected chi connectivity index (χ1v) is 11.9. The number of likely N-dealkylation sites (N-methyl/N-ethyl adjacent to an activating group) is 1. The predicted molar refractivity (Wildman–Crippen MR) is 137 cm³/mol. The number of anilines is 1. The number of fused-ring (bicyclic) bond motifs is 4. The zero-order valence-electron chi connectivity index (χ0n) is 20.9. The molecule has 2 aromatic carbocycles. The van der Waals surface area contributed by atoms with E-state index in [0.29, 0.717) is 16.6 Å². The Bertz CT molecular complexity index is 1700. The number of carbonyl (C=O) groups is 1. The number of carbonyl (C=O) groups excluding carboxylic acids is 1. The van der Waals surface area contributed by atoms with E-state index in [2.05, 4.69) is 21.1 Å². The monoisotopic (exact) mass is 499 g/mol. The zero-order valence-corrected chi connectivity index (χ0v) is 20.9.